The number of ether oxygens (including phenoxy) is 2. The van der Waals surface area contributed by atoms with Crippen molar-refractivity contribution in [2.45, 2.75) is 44.3 Å². The zero-order valence-electron chi connectivity index (χ0n) is 13.2. The highest BCUT2D eigenvalue weighted by molar-refractivity contribution is 7.89. The average Bonchev–Trinajstić information content (AvgIpc) is 2.67. The number of sulfonamides is 1. The summed E-state index contributed by atoms with van der Waals surface area (Å²) in [5.74, 6) is 1.01. The van der Waals surface area contributed by atoms with E-state index in [0.717, 1.165) is 0 Å². The summed E-state index contributed by atoms with van der Waals surface area (Å²) in [5.41, 5.74) is -0.554. The summed E-state index contributed by atoms with van der Waals surface area (Å²) in [4.78, 5) is 0.230. The van der Waals surface area contributed by atoms with Gasteiger partial charge in [-0.15, -0.1) is 0 Å². The van der Waals surface area contributed by atoms with Crippen molar-refractivity contribution in [3.05, 3.63) is 17.6 Å². The molecule has 1 aliphatic rings. The summed E-state index contributed by atoms with van der Waals surface area (Å²) in [6, 6.07) is 1.57. The smallest absolute Gasteiger partial charge is 0.246 e. The van der Waals surface area contributed by atoms with Crippen LogP contribution in [0.3, 0.4) is 0 Å². The van der Waals surface area contributed by atoms with Crippen LogP contribution in [0.2, 0.25) is 0 Å². The van der Waals surface area contributed by atoms with Gasteiger partial charge in [0.15, 0.2) is 0 Å². The molecular weight excluding hydrogens is 294 g/mol. The maximum Gasteiger partial charge on any atom is 0.246 e. The Morgan fingerprint density at radius 3 is 2.62 bits per heavy atom. The molecule has 0 aromatic carbocycles. The first-order valence-corrected chi connectivity index (χ1v) is 8.33. The molecule has 1 aromatic heterocycles. The van der Waals surface area contributed by atoms with E-state index in [0.29, 0.717) is 24.7 Å². The van der Waals surface area contributed by atoms with Crippen molar-refractivity contribution in [2.75, 3.05) is 26.8 Å². The maximum atomic E-state index is 12.8. The van der Waals surface area contributed by atoms with Gasteiger partial charge in [0.2, 0.25) is 10.0 Å². The largest absolute Gasteiger partial charge is 0.465 e. The van der Waals surface area contributed by atoms with Crippen LogP contribution in [-0.4, -0.2) is 51.2 Å². The third-order valence-electron chi connectivity index (χ3n) is 3.42. The first-order valence-electron chi connectivity index (χ1n) is 6.89. The molecule has 1 atom stereocenters. The van der Waals surface area contributed by atoms with Crippen LogP contribution in [0.4, 0.5) is 0 Å². The minimum atomic E-state index is -3.59. The number of rotatable bonds is 4. The Hall–Kier alpha value is -0.890. The number of hydrogen-bond acceptors (Lipinski definition) is 5. The van der Waals surface area contributed by atoms with Gasteiger partial charge in [-0.1, -0.05) is 0 Å². The fraction of sp³-hybridized carbons (Fsp3) is 0.714. The van der Waals surface area contributed by atoms with E-state index in [4.69, 9.17) is 13.9 Å². The van der Waals surface area contributed by atoms with Crippen LogP contribution in [0.25, 0.3) is 0 Å². The highest BCUT2D eigenvalue weighted by Gasteiger charge is 2.40. The molecule has 1 aliphatic heterocycles. The molecule has 0 radical (unpaired) electrons. The monoisotopic (exact) mass is 317 g/mol. The van der Waals surface area contributed by atoms with Gasteiger partial charge in [0, 0.05) is 20.2 Å². The molecule has 0 bridgehead atoms. The van der Waals surface area contributed by atoms with Crippen LogP contribution in [0.15, 0.2) is 15.4 Å². The molecule has 1 fully saturated rings. The third-order valence-corrected chi connectivity index (χ3v) is 5.34. The molecule has 1 saturated heterocycles. The number of furan rings is 1. The zero-order chi connectivity index (χ0) is 15.8. The van der Waals surface area contributed by atoms with E-state index in [2.05, 4.69) is 0 Å². The quantitative estimate of drug-likeness (QED) is 0.845. The van der Waals surface area contributed by atoms with Gasteiger partial charge in [0.05, 0.1) is 18.3 Å². The van der Waals surface area contributed by atoms with Gasteiger partial charge in [-0.25, -0.2) is 8.42 Å². The van der Waals surface area contributed by atoms with Crippen LogP contribution >= 0.6 is 0 Å². The number of morpholine rings is 1. The van der Waals surface area contributed by atoms with Crippen molar-refractivity contribution in [3.63, 3.8) is 0 Å². The molecule has 120 valence electrons. The van der Waals surface area contributed by atoms with Gasteiger partial charge in [0.25, 0.3) is 0 Å². The highest BCUT2D eigenvalue weighted by atomic mass is 32.2. The normalized spacial score (nSPS) is 23.4. The van der Waals surface area contributed by atoms with E-state index in [1.54, 1.807) is 27.0 Å². The summed E-state index contributed by atoms with van der Waals surface area (Å²) >= 11 is 0. The Kier molecular flexibility index (Phi) is 4.49. The predicted molar refractivity (Wildman–Crippen MR) is 77.8 cm³/mol. The lowest BCUT2D eigenvalue weighted by Gasteiger charge is -2.41. The zero-order valence-corrected chi connectivity index (χ0v) is 14.0. The molecule has 0 N–H and O–H groups in total. The van der Waals surface area contributed by atoms with Crippen molar-refractivity contribution in [2.24, 2.45) is 0 Å². The highest BCUT2D eigenvalue weighted by Crippen LogP contribution is 2.29. The first-order chi connectivity index (χ1) is 9.65. The lowest BCUT2D eigenvalue weighted by atomic mass is 10.1. The van der Waals surface area contributed by atoms with Crippen LogP contribution in [0.5, 0.6) is 0 Å². The summed E-state index contributed by atoms with van der Waals surface area (Å²) < 4.78 is 43.4. The maximum absolute atomic E-state index is 12.8. The fourth-order valence-corrected chi connectivity index (χ4v) is 4.54. The van der Waals surface area contributed by atoms with E-state index in [1.807, 2.05) is 13.8 Å². The van der Waals surface area contributed by atoms with Gasteiger partial charge in [-0.05, 0) is 33.8 Å². The lowest BCUT2D eigenvalue weighted by molar-refractivity contribution is -0.135. The predicted octanol–water partition coefficient (Wildman–Crippen LogP) is 1.71. The first kappa shape index (κ1) is 16.5. The van der Waals surface area contributed by atoms with Crippen LogP contribution in [0, 0.1) is 13.8 Å². The average molecular weight is 317 g/mol. The van der Waals surface area contributed by atoms with Gasteiger partial charge in [-0.2, -0.15) is 4.31 Å². The molecule has 21 heavy (non-hydrogen) atoms. The summed E-state index contributed by atoms with van der Waals surface area (Å²) in [5, 5.41) is 0. The second kappa shape index (κ2) is 5.72. The second-order valence-electron chi connectivity index (χ2n) is 6.03. The molecule has 2 rings (SSSR count). The summed E-state index contributed by atoms with van der Waals surface area (Å²) in [6.45, 7) is 8.11. The molecule has 7 heteroatoms. The van der Waals surface area contributed by atoms with E-state index in [-0.39, 0.29) is 17.5 Å². The van der Waals surface area contributed by atoms with Gasteiger partial charge in [-0.3, -0.25) is 0 Å². The van der Waals surface area contributed by atoms with Crippen molar-refractivity contribution in [1.29, 1.82) is 0 Å². The van der Waals surface area contributed by atoms with E-state index < -0.39 is 15.6 Å². The van der Waals surface area contributed by atoms with Crippen LogP contribution in [-0.2, 0) is 19.5 Å². The molecule has 1 aromatic rings. The Balaban J connectivity index is 2.32. The minimum Gasteiger partial charge on any atom is -0.465 e. The number of aryl methyl sites for hydroxylation is 2. The molecule has 0 spiro atoms. The van der Waals surface area contributed by atoms with Gasteiger partial charge >= 0.3 is 0 Å². The second-order valence-corrected chi connectivity index (χ2v) is 7.94. The van der Waals surface area contributed by atoms with Gasteiger partial charge < -0.3 is 13.9 Å². The number of methoxy groups -OCH3 is 1. The number of hydrogen-bond donors (Lipinski definition) is 0. The van der Waals surface area contributed by atoms with Crippen molar-refractivity contribution < 1.29 is 22.3 Å². The van der Waals surface area contributed by atoms with Crippen LogP contribution in [0.1, 0.15) is 25.4 Å². The summed E-state index contributed by atoms with van der Waals surface area (Å²) in [6.07, 6.45) is -0.276. The lowest BCUT2D eigenvalue weighted by Crippen LogP contribution is -2.55. The SMILES string of the molecule is COCC1CN(S(=O)(=O)c2cc(C)oc2C)CC(C)(C)O1. The van der Waals surface area contributed by atoms with E-state index in [1.165, 1.54) is 4.31 Å². The Labute approximate surface area is 126 Å². The Morgan fingerprint density at radius 2 is 2.10 bits per heavy atom. The topological polar surface area (TPSA) is 69.0 Å². The Morgan fingerprint density at radius 1 is 1.43 bits per heavy atom. The standard InChI is InChI=1S/C14H23NO5S/c1-10-6-13(11(2)19-10)21(16,17)15-7-12(8-18-5)20-14(3,4)9-15/h6,12H,7-9H2,1-5H3. The van der Waals surface area contributed by atoms with Crippen LogP contribution < -0.4 is 0 Å². The number of nitrogens with zero attached hydrogens (tertiary/aromatic N) is 1. The van der Waals surface area contributed by atoms with E-state index in [9.17, 15) is 8.42 Å². The summed E-state index contributed by atoms with van der Waals surface area (Å²) in [7, 11) is -2.01. The molecule has 1 unspecified atom stereocenters. The van der Waals surface area contributed by atoms with Gasteiger partial charge in [0.1, 0.15) is 16.4 Å². The van der Waals surface area contributed by atoms with Crippen molar-refractivity contribution in [3.8, 4) is 0 Å². The molecule has 0 saturated carbocycles. The minimum absolute atomic E-state index is 0.230. The van der Waals surface area contributed by atoms with E-state index >= 15 is 0 Å². The molecular formula is C14H23NO5S. The molecule has 0 aliphatic carbocycles. The molecule has 0 amide bonds. The van der Waals surface area contributed by atoms with Crippen molar-refractivity contribution in [1.82, 2.24) is 4.31 Å². The fourth-order valence-electron chi connectivity index (χ4n) is 2.70. The van der Waals surface area contributed by atoms with Crippen molar-refractivity contribution >= 4 is 10.0 Å². The molecule has 6 nitrogen and oxygen atoms in total. The Bertz CT molecular complexity index is 605. The third kappa shape index (κ3) is 3.48. The molecule has 2 heterocycles.